The zero-order chi connectivity index (χ0) is 12.3. The topological polar surface area (TPSA) is 12.0 Å². The molecule has 0 bridgehead atoms. The molecule has 1 heterocycles. The van der Waals surface area contributed by atoms with Gasteiger partial charge in [0, 0.05) is 18.3 Å². The van der Waals surface area contributed by atoms with Gasteiger partial charge in [-0.2, -0.15) is 11.8 Å². The van der Waals surface area contributed by atoms with E-state index < -0.39 is 0 Å². The third-order valence-corrected chi connectivity index (χ3v) is 4.91. The lowest BCUT2D eigenvalue weighted by Crippen LogP contribution is -2.39. The molecule has 2 heteroatoms. The minimum Gasteiger partial charge on any atom is -0.309 e. The average molecular weight is 249 g/mol. The highest BCUT2D eigenvalue weighted by atomic mass is 32.2. The molecule has 0 amide bonds. The summed E-state index contributed by atoms with van der Waals surface area (Å²) >= 11 is 2.09. The van der Waals surface area contributed by atoms with Crippen LogP contribution in [-0.4, -0.2) is 17.5 Å². The van der Waals surface area contributed by atoms with E-state index in [-0.39, 0.29) is 0 Å². The van der Waals surface area contributed by atoms with Crippen molar-refractivity contribution < 1.29 is 0 Å². The van der Waals surface area contributed by atoms with Crippen molar-refractivity contribution in [1.29, 1.82) is 0 Å². The van der Waals surface area contributed by atoms with Gasteiger partial charge in [0.25, 0.3) is 0 Å². The van der Waals surface area contributed by atoms with Crippen molar-refractivity contribution >= 4 is 11.8 Å². The first kappa shape index (κ1) is 13.0. The zero-order valence-corrected chi connectivity index (χ0v) is 11.9. The van der Waals surface area contributed by atoms with Gasteiger partial charge < -0.3 is 5.32 Å². The predicted molar refractivity (Wildman–Crippen MR) is 77.5 cm³/mol. The van der Waals surface area contributed by atoms with Crippen LogP contribution in [0.5, 0.6) is 0 Å². The van der Waals surface area contributed by atoms with Gasteiger partial charge in [-0.05, 0) is 30.1 Å². The van der Waals surface area contributed by atoms with Crippen LogP contribution >= 0.6 is 11.8 Å². The molecule has 0 aliphatic carbocycles. The molecule has 1 aliphatic heterocycles. The van der Waals surface area contributed by atoms with E-state index in [2.05, 4.69) is 62.1 Å². The molecule has 0 aromatic heterocycles. The molecule has 17 heavy (non-hydrogen) atoms. The predicted octanol–water partition coefficient (Wildman–Crippen LogP) is 3.62. The number of aryl methyl sites for hydroxylation is 1. The molecule has 1 nitrogen and oxygen atoms in total. The van der Waals surface area contributed by atoms with Gasteiger partial charge in [0.05, 0.1) is 0 Å². The Morgan fingerprint density at radius 2 is 2.24 bits per heavy atom. The fraction of sp³-hybridized carbons (Fsp3) is 0.600. The molecular formula is C15H23NS. The largest absolute Gasteiger partial charge is 0.309 e. The lowest BCUT2D eigenvalue weighted by atomic mass is 9.88. The van der Waals surface area contributed by atoms with Gasteiger partial charge in [-0.15, -0.1) is 0 Å². The van der Waals surface area contributed by atoms with Gasteiger partial charge in [-0.3, -0.25) is 0 Å². The molecule has 0 saturated carbocycles. The average Bonchev–Trinajstić information content (AvgIpc) is 2.25. The molecule has 0 spiro atoms. The summed E-state index contributed by atoms with van der Waals surface area (Å²) in [7, 11) is 0. The molecule has 1 aromatic carbocycles. The standard InChI is InChI=1S/C15H23NS/c1-12-5-4-6-13(7-12)9-16-14-8-15(2,3)11-17-10-14/h4-7,14,16H,8-11H2,1-3H3. The summed E-state index contributed by atoms with van der Waals surface area (Å²) in [6.45, 7) is 7.91. The highest BCUT2D eigenvalue weighted by Gasteiger charge is 2.27. The van der Waals surface area contributed by atoms with Crippen molar-refractivity contribution in [3.63, 3.8) is 0 Å². The van der Waals surface area contributed by atoms with E-state index in [1.165, 1.54) is 29.1 Å². The van der Waals surface area contributed by atoms with Crippen LogP contribution in [0.15, 0.2) is 24.3 Å². The Morgan fingerprint density at radius 3 is 2.94 bits per heavy atom. The molecular weight excluding hydrogens is 226 g/mol. The zero-order valence-electron chi connectivity index (χ0n) is 11.1. The maximum atomic E-state index is 3.70. The number of benzene rings is 1. The maximum absolute atomic E-state index is 3.70. The van der Waals surface area contributed by atoms with E-state index in [1.807, 2.05) is 0 Å². The number of rotatable bonds is 3. The minimum atomic E-state index is 0.493. The number of nitrogens with one attached hydrogen (secondary N) is 1. The SMILES string of the molecule is Cc1cccc(CNC2CSCC(C)(C)C2)c1. The Labute approximate surface area is 109 Å². The summed E-state index contributed by atoms with van der Waals surface area (Å²) in [5.41, 5.74) is 3.24. The molecule has 0 radical (unpaired) electrons. The summed E-state index contributed by atoms with van der Waals surface area (Å²) in [4.78, 5) is 0. The van der Waals surface area contributed by atoms with Crippen LogP contribution in [0, 0.1) is 12.3 Å². The lowest BCUT2D eigenvalue weighted by molar-refractivity contribution is 0.317. The second-order valence-corrected chi connectivity index (χ2v) is 6.98. The molecule has 94 valence electrons. The highest BCUT2D eigenvalue weighted by molar-refractivity contribution is 7.99. The van der Waals surface area contributed by atoms with E-state index in [0.29, 0.717) is 11.5 Å². The molecule has 1 unspecified atom stereocenters. The minimum absolute atomic E-state index is 0.493. The van der Waals surface area contributed by atoms with Crippen LogP contribution in [0.4, 0.5) is 0 Å². The Balaban J connectivity index is 1.86. The van der Waals surface area contributed by atoms with Gasteiger partial charge >= 0.3 is 0 Å². The molecule has 1 saturated heterocycles. The highest BCUT2D eigenvalue weighted by Crippen LogP contribution is 2.33. The summed E-state index contributed by atoms with van der Waals surface area (Å²) in [5, 5.41) is 3.70. The molecule has 2 rings (SSSR count). The normalized spacial score (nSPS) is 23.6. The van der Waals surface area contributed by atoms with Gasteiger partial charge in [0.1, 0.15) is 0 Å². The second kappa shape index (κ2) is 5.45. The first-order chi connectivity index (χ1) is 8.05. The lowest BCUT2D eigenvalue weighted by Gasteiger charge is -2.35. The number of thioether (sulfide) groups is 1. The number of hydrogen-bond donors (Lipinski definition) is 1. The smallest absolute Gasteiger partial charge is 0.0208 e. The summed E-state index contributed by atoms with van der Waals surface area (Å²) < 4.78 is 0. The molecule has 1 atom stereocenters. The monoisotopic (exact) mass is 249 g/mol. The van der Waals surface area contributed by atoms with Crippen molar-refractivity contribution in [3.05, 3.63) is 35.4 Å². The fourth-order valence-corrected chi connectivity index (χ4v) is 3.79. The van der Waals surface area contributed by atoms with E-state index in [9.17, 15) is 0 Å². The van der Waals surface area contributed by atoms with Crippen molar-refractivity contribution in [2.75, 3.05) is 11.5 Å². The van der Waals surface area contributed by atoms with Crippen molar-refractivity contribution in [1.82, 2.24) is 5.32 Å². The second-order valence-electron chi connectivity index (χ2n) is 5.95. The van der Waals surface area contributed by atoms with Crippen LogP contribution in [0.3, 0.4) is 0 Å². The third kappa shape index (κ3) is 4.04. The van der Waals surface area contributed by atoms with Crippen LogP contribution in [-0.2, 0) is 6.54 Å². The van der Waals surface area contributed by atoms with E-state index >= 15 is 0 Å². The molecule has 1 aromatic rings. The Morgan fingerprint density at radius 1 is 1.41 bits per heavy atom. The Kier molecular flexibility index (Phi) is 4.16. The van der Waals surface area contributed by atoms with Crippen molar-refractivity contribution in [3.8, 4) is 0 Å². The van der Waals surface area contributed by atoms with Crippen molar-refractivity contribution in [2.24, 2.45) is 5.41 Å². The van der Waals surface area contributed by atoms with E-state index in [4.69, 9.17) is 0 Å². The summed E-state index contributed by atoms with van der Waals surface area (Å²) in [6, 6.07) is 9.45. The Bertz CT molecular complexity index is 373. The van der Waals surface area contributed by atoms with Crippen molar-refractivity contribution in [2.45, 2.75) is 39.8 Å². The fourth-order valence-electron chi connectivity index (χ4n) is 2.48. The van der Waals surface area contributed by atoms with Crippen LogP contribution < -0.4 is 5.32 Å². The maximum Gasteiger partial charge on any atom is 0.0208 e. The molecule has 1 fully saturated rings. The van der Waals surface area contributed by atoms with Gasteiger partial charge in [0.15, 0.2) is 0 Å². The van der Waals surface area contributed by atoms with Gasteiger partial charge in [-0.25, -0.2) is 0 Å². The summed E-state index contributed by atoms with van der Waals surface area (Å²) in [6.07, 6.45) is 1.30. The van der Waals surface area contributed by atoms with E-state index in [1.54, 1.807) is 0 Å². The quantitative estimate of drug-likeness (QED) is 0.878. The van der Waals surface area contributed by atoms with Gasteiger partial charge in [-0.1, -0.05) is 43.7 Å². The third-order valence-electron chi connectivity index (χ3n) is 3.29. The molecule has 1 N–H and O–H groups in total. The summed E-state index contributed by atoms with van der Waals surface area (Å²) in [5.74, 6) is 2.56. The first-order valence-corrected chi connectivity index (χ1v) is 7.57. The van der Waals surface area contributed by atoms with Gasteiger partial charge in [0.2, 0.25) is 0 Å². The first-order valence-electron chi connectivity index (χ1n) is 6.42. The van der Waals surface area contributed by atoms with Crippen LogP contribution in [0.2, 0.25) is 0 Å². The molecule has 1 aliphatic rings. The van der Waals surface area contributed by atoms with E-state index in [0.717, 1.165) is 6.54 Å². The Hall–Kier alpha value is -0.470. The number of hydrogen-bond acceptors (Lipinski definition) is 2. The van der Waals surface area contributed by atoms with Crippen LogP contribution in [0.25, 0.3) is 0 Å². The van der Waals surface area contributed by atoms with Crippen LogP contribution in [0.1, 0.15) is 31.4 Å².